The zero-order chi connectivity index (χ0) is 30.9. The molecule has 0 fully saturated rings. The van der Waals surface area contributed by atoms with Crippen LogP contribution in [0.2, 0.25) is 5.02 Å². The van der Waals surface area contributed by atoms with Crippen LogP contribution in [0.3, 0.4) is 0 Å². The Hall–Kier alpha value is -2.95. The molecule has 0 spiro atoms. The molecular formula is C30H27ClI2N4O5S. The molecule has 3 aromatic rings. The third kappa shape index (κ3) is 8.80. The quantitative estimate of drug-likeness (QED) is 0.0709. The number of carbonyl (C=O) groups excluding carboxylic acids is 2. The number of nitrogens with one attached hydrogen (secondary N) is 3. The Morgan fingerprint density at radius 1 is 1.12 bits per heavy atom. The van der Waals surface area contributed by atoms with Gasteiger partial charge < -0.3 is 24.8 Å². The lowest BCUT2D eigenvalue weighted by Gasteiger charge is -2.30. The highest BCUT2D eigenvalue weighted by Crippen LogP contribution is 2.34. The van der Waals surface area contributed by atoms with Gasteiger partial charge in [0.05, 0.1) is 28.0 Å². The molecule has 3 aromatic carbocycles. The number of rotatable bonds is 11. The molecule has 3 N–H and O–H groups in total. The molecule has 224 valence electrons. The molecule has 1 amide bonds. The summed E-state index contributed by atoms with van der Waals surface area (Å²) < 4.78 is 19.1. The summed E-state index contributed by atoms with van der Waals surface area (Å²) in [5.74, 6) is 0.0731. The van der Waals surface area contributed by atoms with Gasteiger partial charge in [-0.15, -0.1) is 0 Å². The molecule has 43 heavy (non-hydrogen) atoms. The number of nitrogens with zero attached hydrogens (tertiary/aromatic N) is 1. The van der Waals surface area contributed by atoms with E-state index in [1.165, 1.54) is 6.21 Å². The molecule has 0 saturated carbocycles. The number of amides is 1. The number of allylic oxidation sites excluding steroid dienone is 1. The predicted molar refractivity (Wildman–Crippen MR) is 186 cm³/mol. The summed E-state index contributed by atoms with van der Waals surface area (Å²) in [5, 5.41) is 11.2. The Bertz CT molecular complexity index is 1600. The van der Waals surface area contributed by atoms with Crippen molar-refractivity contribution < 1.29 is 23.8 Å². The van der Waals surface area contributed by atoms with Crippen molar-refractivity contribution >= 4 is 92.2 Å². The average molecular weight is 845 g/mol. The van der Waals surface area contributed by atoms with Crippen molar-refractivity contribution in [1.29, 1.82) is 0 Å². The van der Waals surface area contributed by atoms with Crippen molar-refractivity contribution in [3.05, 3.63) is 101 Å². The first-order valence-corrected chi connectivity index (χ1v) is 16.0. The van der Waals surface area contributed by atoms with Crippen LogP contribution in [0.1, 0.15) is 36.6 Å². The number of para-hydroxylation sites is 1. The normalized spacial score (nSPS) is 14.6. The summed E-state index contributed by atoms with van der Waals surface area (Å²) in [4.78, 5) is 25.5. The van der Waals surface area contributed by atoms with Crippen LogP contribution in [0.4, 0.5) is 0 Å². The van der Waals surface area contributed by atoms with Gasteiger partial charge in [0.2, 0.25) is 0 Å². The van der Waals surface area contributed by atoms with E-state index in [0.29, 0.717) is 44.0 Å². The number of carbonyl (C=O) groups is 2. The van der Waals surface area contributed by atoms with Crippen molar-refractivity contribution in [3.8, 4) is 11.5 Å². The highest BCUT2D eigenvalue weighted by molar-refractivity contribution is 14.1. The summed E-state index contributed by atoms with van der Waals surface area (Å²) in [6.45, 7) is 3.68. The molecule has 13 heteroatoms. The van der Waals surface area contributed by atoms with Gasteiger partial charge in [-0.25, -0.2) is 10.2 Å². The van der Waals surface area contributed by atoms with Crippen molar-refractivity contribution in [1.82, 2.24) is 16.1 Å². The Labute approximate surface area is 287 Å². The van der Waals surface area contributed by atoms with Crippen molar-refractivity contribution in [2.45, 2.75) is 26.5 Å². The minimum absolute atomic E-state index is 0.224. The van der Waals surface area contributed by atoms with Gasteiger partial charge in [0.15, 0.2) is 11.7 Å². The fourth-order valence-corrected chi connectivity index (χ4v) is 6.71. The van der Waals surface area contributed by atoms with Crippen LogP contribution in [0.5, 0.6) is 11.5 Å². The van der Waals surface area contributed by atoms with Gasteiger partial charge in [0.25, 0.3) is 5.91 Å². The van der Waals surface area contributed by atoms with Gasteiger partial charge in [0, 0.05) is 31.0 Å². The van der Waals surface area contributed by atoms with E-state index >= 15 is 0 Å². The van der Waals surface area contributed by atoms with Crippen molar-refractivity contribution in [2.24, 2.45) is 5.10 Å². The second kappa shape index (κ2) is 15.7. The fourth-order valence-electron chi connectivity index (χ4n) is 4.20. The maximum Gasteiger partial charge on any atom is 0.338 e. The molecule has 9 nitrogen and oxygen atoms in total. The molecule has 1 heterocycles. The summed E-state index contributed by atoms with van der Waals surface area (Å²) >= 11 is 16.0. The number of halogens is 3. The third-order valence-electron chi connectivity index (χ3n) is 6.11. The number of hydrogen-bond acceptors (Lipinski definition) is 7. The minimum atomic E-state index is -0.628. The maximum atomic E-state index is 12.8. The summed E-state index contributed by atoms with van der Waals surface area (Å²) in [6, 6.07) is 17.8. The second-order valence-electron chi connectivity index (χ2n) is 9.10. The van der Waals surface area contributed by atoms with Gasteiger partial charge in [-0.1, -0.05) is 48.0 Å². The average Bonchev–Trinajstić information content (AvgIpc) is 2.96. The number of esters is 1. The molecule has 0 bridgehead atoms. The van der Waals surface area contributed by atoms with E-state index in [2.05, 4.69) is 66.3 Å². The molecular weight excluding hydrogens is 818 g/mol. The van der Waals surface area contributed by atoms with E-state index in [-0.39, 0.29) is 19.8 Å². The van der Waals surface area contributed by atoms with Crippen LogP contribution in [-0.4, -0.2) is 36.4 Å². The van der Waals surface area contributed by atoms with E-state index in [1.807, 2.05) is 42.5 Å². The molecule has 1 atom stereocenters. The van der Waals surface area contributed by atoms with Gasteiger partial charge in [0.1, 0.15) is 18.1 Å². The first kappa shape index (κ1) is 33.0. The first-order chi connectivity index (χ1) is 20.7. The molecule has 1 aliphatic rings. The van der Waals surface area contributed by atoms with Crippen LogP contribution >= 0.6 is 69.0 Å². The molecule has 4 rings (SSSR count). The zero-order valence-corrected chi connectivity index (χ0v) is 29.0. The Morgan fingerprint density at radius 2 is 1.86 bits per heavy atom. The van der Waals surface area contributed by atoms with E-state index in [1.54, 1.807) is 32.0 Å². The number of hydrogen-bond donors (Lipinski definition) is 3. The van der Waals surface area contributed by atoms with Gasteiger partial charge in [-0.2, -0.15) is 5.10 Å². The second-order valence-corrected chi connectivity index (χ2v) is 12.3. The molecule has 0 aromatic heterocycles. The number of benzene rings is 3. The highest BCUT2D eigenvalue weighted by atomic mass is 127. The monoisotopic (exact) mass is 844 g/mol. The Kier molecular flexibility index (Phi) is 12.0. The molecule has 0 unspecified atom stereocenters. The lowest BCUT2D eigenvalue weighted by Crippen LogP contribution is -2.45. The van der Waals surface area contributed by atoms with Crippen LogP contribution < -0.4 is 25.5 Å². The molecule has 0 aliphatic carbocycles. The van der Waals surface area contributed by atoms with E-state index in [4.69, 9.17) is 38.0 Å². The smallest absolute Gasteiger partial charge is 0.338 e. The van der Waals surface area contributed by atoms with Crippen LogP contribution in [0.15, 0.2) is 77.0 Å². The predicted octanol–water partition coefficient (Wildman–Crippen LogP) is 6.01. The number of ether oxygens (including phenoxy) is 3. The topological polar surface area (TPSA) is 110 Å². The molecule has 0 saturated heterocycles. The van der Waals surface area contributed by atoms with E-state index in [9.17, 15) is 9.59 Å². The SMILES string of the molecule is CCOC(=O)C1=C(C)NC(=S)N[C@H]1c1ccccc1OCC(=O)NN=Cc1cc(I)cc(I)c1OCc1ccccc1Cl. The van der Waals surface area contributed by atoms with Gasteiger partial charge in [-0.05, 0) is 95.5 Å². The van der Waals surface area contributed by atoms with E-state index < -0.39 is 17.9 Å². The van der Waals surface area contributed by atoms with Crippen LogP contribution in [0, 0.1) is 7.14 Å². The Morgan fingerprint density at radius 3 is 2.63 bits per heavy atom. The largest absolute Gasteiger partial charge is 0.487 e. The zero-order valence-electron chi connectivity index (χ0n) is 23.1. The summed E-state index contributed by atoms with van der Waals surface area (Å²) in [7, 11) is 0. The Balaban J connectivity index is 1.44. The number of hydrazone groups is 1. The number of thiocarbonyl (C=S) groups is 1. The lowest BCUT2D eigenvalue weighted by molar-refractivity contribution is -0.139. The third-order valence-corrected chi connectivity index (χ3v) is 8.13. The van der Waals surface area contributed by atoms with E-state index in [0.717, 1.165) is 12.7 Å². The van der Waals surface area contributed by atoms with Crippen molar-refractivity contribution in [3.63, 3.8) is 0 Å². The van der Waals surface area contributed by atoms with Gasteiger partial charge >= 0.3 is 5.97 Å². The lowest BCUT2D eigenvalue weighted by atomic mass is 9.95. The molecule has 0 radical (unpaired) electrons. The highest BCUT2D eigenvalue weighted by Gasteiger charge is 2.32. The van der Waals surface area contributed by atoms with Crippen molar-refractivity contribution in [2.75, 3.05) is 13.2 Å². The van der Waals surface area contributed by atoms with Crippen LogP contribution in [0.25, 0.3) is 0 Å². The van der Waals surface area contributed by atoms with Crippen LogP contribution in [-0.2, 0) is 20.9 Å². The molecule has 1 aliphatic heterocycles. The minimum Gasteiger partial charge on any atom is -0.487 e. The van der Waals surface area contributed by atoms with Gasteiger partial charge in [-0.3, -0.25) is 4.79 Å². The standard InChI is InChI=1S/C30H27ClI2N4O5S/c1-3-40-29(39)26-17(2)35-30(43)36-27(26)21-9-5-7-11-24(21)41-16-25(38)37-34-14-19-12-20(32)13-23(33)28(19)42-15-18-8-4-6-10-22(18)31/h4-14,27H,3,15-16H2,1-2H3,(H,37,38)(H2,35,36,43)/t27-/m0/s1. The fraction of sp³-hybridized carbons (Fsp3) is 0.200. The summed E-state index contributed by atoms with van der Waals surface area (Å²) in [5.41, 5.74) is 5.63. The first-order valence-electron chi connectivity index (χ1n) is 13.0. The summed E-state index contributed by atoms with van der Waals surface area (Å²) in [6.07, 6.45) is 1.52. The maximum absolute atomic E-state index is 12.8.